The van der Waals surface area contributed by atoms with Crippen molar-refractivity contribution in [3.63, 3.8) is 0 Å². The lowest BCUT2D eigenvalue weighted by molar-refractivity contribution is -0.0129. The Hall–Kier alpha value is -1.14. The van der Waals surface area contributed by atoms with Gasteiger partial charge in [-0.25, -0.2) is 0 Å². The Morgan fingerprint density at radius 2 is 2.17 bits per heavy atom. The standard InChI is InChI=1S/C11H17ClN4O2/c1-16(2)10-13-9(12)14-11(15-10)18-7-8-5-3-4-6-17-8/h8H,3-7H2,1-2H3. The van der Waals surface area contributed by atoms with Gasteiger partial charge in [0.2, 0.25) is 11.2 Å². The molecule has 2 rings (SSSR count). The van der Waals surface area contributed by atoms with Gasteiger partial charge in [0.15, 0.2) is 0 Å². The number of aromatic nitrogens is 3. The number of hydrogen-bond acceptors (Lipinski definition) is 6. The molecule has 1 aromatic heterocycles. The second-order valence-corrected chi connectivity index (χ2v) is 4.72. The molecule has 0 aromatic carbocycles. The van der Waals surface area contributed by atoms with Gasteiger partial charge in [-0.1, -0.05) is 0 Å². The summed E-state index contributed by atoms with van der Waals surface area (Å²) >= 11 is 5.82. The van der Waals surface area contributed by atoms with E-state index in [1.807, 2.05) is 14.1 Å². The highest BCUT2D eigenvalue weighted by molar-refractivity contribution is 6.28. The Bertz CT molecular complexity index is 397. The predicted molar refractivity (Wildman–Crippen MR) is 68.3 cm³/mol. The number of hydrogen-bond donors (Lipinski definition) is 0. The lowest BCUT2D eigenvalue weighted by Crippen LogP contribution is -2.26. The van der Waals surface area contributed by atoms with Crippen LogP contribution in [0.3, 0.4) is 0 Å². The van der Waals surface area contributed by atoms with Crippen LogP contribution in [0, 0.1) is 0 Å². The Morgan fingerprint density at radius 3 is 2.83 bits per heavy atom. The molecule has 100 valence electrons. The van der Waals surface area contributed by atoms with Gasteiger partial charge in [0.1, 0.15) is 6.61 Å². The number of ether oxygens (including phenoxy) is 2. The molecule has 1 saturated heterocycles. The van der Waals surface area contributed by atoms with Crippen LogP contribution in [0.4, 0.5) is 5.95 Å². The molecule has 1 unspecified atom stereocenters. The fourth-order valence-electron chi connectivity index (χ4n) is 1.69. The molecule has 1 aliphatic heterocycles. The summed E-state index contributed by atoms with van der Waals surface area (Å²) in [7, 11) is 3.67. The largest absolute Gasteiger partial charge is 0.461 e. The molecule has 18 heavy (non-hydrogen) atoms. The van der Waals surface area contributed by atoms with Crippen molar-refractivity contribution in [2.45, 2.75) is 25.4 Å². The van der Waals surface area contributed by atoms with Gasteiger partial charge < -0.3 is 14.4 Å². The first-order valence-electron chi connectivity index (χ1n) is 5.98. The molecular formula is C11H17ClN4O2. The summed E-state index contributed by atoms with van der Waals surface area (Å²) in [5, 5.41) is 0.133. The summed E-state index contributed by atoms with van der Waals surface area (Å²) in [6, 6.07) is 0.243. The van der Waals surface area contributed by atoms with E-state index in [-0.39, 0.29) is 17.4 Å². The highest BCUT2D eigenvalue weighted by Crippen LogP contribution is 2.16. The van der Waals surface area contributed by atoms with Crippen molar-refractivity contribution in [1.29, 1.82) is 0 Å². The summed E-state index contributed by atoms with van der Waals surface area (Å²) in [6.07, 6.45) is 3.43. The fraction of sp³-hybridized carbons (Fsp3) is 0.727. The monoisotopic (exact) mass is 272 g/mol. The van der Waals surface area contributed by atoms with Crippen LogP contribution in [-0.4, -0.2) is 48.4 Å². The molecule has 2 heterocycles. The van der Waals surface area contributed by atoms with E-state index in [1.165, 1.54) is 6.42 Å². The van der Waals surface area contributed by atoms with Crippen LogP contribution in [0.2, 0.25) is 5.28 Å². The maximum absolute atomic E-state index is 5.82. The molecule has 1 fully saturated rings. The normalized spacial score (nSPS) is 19.6. The van der Waals surface area contributed by atoms with Crippen molar-refractivity contribution < 1.29 is 9.47 Å². The van der Waals surface area contributed by atoms with Gasteiger partial charge in [-0.3, -0.25) is 0 Å². The van der Waals surface area contributed by atoms with Crippen molar-refractivity contribution in [3.05, 3.63) is 5.28 Å². The quantitative estimate of drug-likeness (QED) is 0.829. The zero-order valence-corrected chi connectivity index (χ0v) is 11.4. The Balaban J connectivity index is 1.95. The molecule has 1 aromatic rings. The molecule has 0 saturated carbocycles. The summed E-state index contributed by atoms with van der Waals surface area (Å²) in [4.78, 5) is 13.8. The molecule has 1 aliphatic rings. The van der Waals surface area contributed by atoms with Gasteiger partial charge in [0, 0.05) is 20.7 Å². The summed E-state index contributed by atoms with van der Waals surface area (Å²) in [5.41, 5.74) is 0. The summed E-state index contributed by atoms with van der Waals surface area (Å²) < 4.78 is 11.1. The Labute approximate surface area is 111 Å². The van der Waals surface area contributed by atoms with Crippen LogP contribution >= 0.6 is 11.6 Å². The Morgan fingerprint density at radius 1 is 1.33 bits per heavy atom. The molecule has 0 N–H and O–H groups in total. The number of rotatable bonds is 4. The molecular weight excluding hydrogens is 256 g/mol. The average molecular weight is 273 g/mol. The third kappa shape index (κ3) is 3.68. The maximum Gasteiger partial charge on any atom is 0.322 e. The van der Waals surface area contributed by atoms with E-state index < -0.39 is 0 Å². The zero-order valence-electron chi connectivity index (χ0n) is 10.6. The molecule has 0 bridgehead atoms. The van der Waals surface area contributed by atoms with Crippen molar-refractivity contribution in [1.82, 2.24) is 15.0 Å². The summed E-state index contributed by atoms with van der Waals surface area (Å²) in [5.74, 6) is 0.481. The molecule has 6 nitrogen and oxygen atoms in total. The number of anilines is 1. The van der Waals surface area contributed by atoms with Crippen molar-refractivity contribution >= 4 is 17.5 Å². The first-order valence-corrected chi connectivity index (χ1v) is 6.36. The molecule has 0 radical (unpaired) electrons. The highest BCUT2D eigenvalue weighted by Gasteiger charge is 2.16. The van der Waals surface area contributed by atoms with Crippen LogP contribution in [0.15, 0.2) is 0 Å². The van der Waals surface area contributed by atoms with Crippen molar-refractivity contribution in [2.75, 3.05) is 32.2 Å². The minimum absolute atomic E-state index is 0.122. The highest BCUT2D eigenvalue weighted by atomic mass is 35.5. The lowest BCUT2D eigenvalue weighted by atomic mass is 10.1. The van der Waals surface area contributed by atoms with Crippen LogP contribution in [0.1, 0.15) is 19.3 Å². The van der Waals surface area contributed by atoms with Gasteiger partial charge in [-0.15, -0.1) is 0 Å². The SMILES string of the molecule is CN(C)c1nc(Cl)nc(OCC2CCCCO2)n1. The molecule has 7 heteroatoms. The van der Waals surface area contributed by atoms with Gasteiger partial charge in [-0.2, -0.15) is 15.0 Å². The van der Waals surface area contributed by atoms with Gasteiger partial charge in [0.25, 0.3) is 0 Å². The topological polar surface area (TPSA) is 60.4 Å². The van der Waals surface area contributed by atoms with E-state index in [0.717, 1.165) is 19.4 Å². The van der Waals surface area contributed by atoms with E-state index in [4.69, 9.17) is 21.1 Å². The summed E-state index contributed by atoms with van der Waals surface area (Å²) in [6.45, 7) is 1.25. The van der Waals surface area contributed by atoms with E-state index in [0.29, 0.717) is 12.6 Å². The first-order chi connectivity index (χ1) is 8.65. The molecule has 1 atom stereocenters. The molecule has 0 spiro atoms. The van der Waals surface area contributed by atoms with Crippen molar-refractivity contribution in [2.24, 2.45) is 0 Å². The number of halogens is 1. The lowest BCUT2D eigenvalue weighted by Gasteiger charge is -2.22. The minimum atomic E-state index is 0.122. The van der Waals surface area contributed by atoms with Gasteiger partial charge in [-0.05, 0) is 30.9 Å². The Kier molecular flexibility index (Phi) is 4.54. The van der Waals surface area contributed by atoms with Gasteiger partial charge in [0.05, 0.1) is 6.10 Å². The third-order valence-electron chi connectivity index (χ3n) is 2.65. The van der Waals surface area contributed by atoms with E-state index >= 15 is 0 Å². The van der Waals surface area contributed by atoms with Gasteiger partial charge >= 0.3 is 6.01 Å². The molecule has 0 amide bonds. The zero-order chi connectivity index (χ0) is 13.0. The molecule has 0 aliphatic carbocycles. The van der Waals surface area contributed by atoms with Crippen LogP contribution in [-0.2, 0) is 4.74 Å². The maximum atomic E-state index is 5.82. The number of nitrogens with zero attached hydrogens (tertiary/aromatic N) is 4. The third-order valence-corrected chi connectivity index (χ3v) is 2.82. The van der Waals surface area contributed by atoms with E-state index in [9.17, 15) is 0 Å². The smallest absolute Gasteiger partial charge is 0.322 e. The first kappa shape index (κ1) is 13.3. The second-order valence-electron chi connectivity index (χ2n) is 4.38. The second kappa shape index (κ2) is 6.15. The minimum Gasteiger partial charge on any atom is -0.461 e. The van der Waals surface area contributed by atoms with Crippen LogP contribution in [0.25, 0.3) is 0 Å². The average Bonchev–Trinajstić information content (AvgIpc) is 2.37. The van der Waals surface area contributed by atoms with E-state index in [1.54, 1.807) is 4.90 Å². The van der Waals surface area contributed by atoms with E-state index in [2.05, 4.69) is 15.0 Å². The van der Waals surface area contributed by atoms with Crippen LogP contribution < -0.4 is 9.64 Å². The predicted octanol–water partition coefficient (Wildman–Crippen LogP) is 1.54. The van der Waals surface area contributed by atoms with Crippen molar-refractivity contribution in [3.8, 4) is 6.01 Å². The van der Waals surface area contributed by atoms with Crippen LogP contribution in [0.5, 0.6) is 6.01 Å². The fourth-order valence-corrected chi connectivity index (χ4v) is 1.84.